The van der Waals surface area contributed by atoms with Gasteiger partial charge >= 0.3 is 6.18 Å². The number of nitrogens with zero attached hydrogens (tertiary/aromatic N) is 2. The van der Waals surface area contributed by atoms with Crippen molar-refractivity contribution in [3.05, 3.63) is 18.0 Å². The molecule has 1 aromatic rings. The highest BCUT2D eigenvalue weighted by molar-refractivity contribution is 5.74. The van der Waals surface area contributed by atoms with Gasteiger partial charge in [-0.05, 0) is 6.07 Å². The van der Waals surface area contributed by atoms with Crippen LogP contribution in [0.3, 0.4) is 0 Å². The molecule has 1 amide bonds. The zero-order chi connectivity index (χ0) is 10.8. The molecule has 0 fully saturated rings. The summed E-state index contributed by atoms with van der Waals surface area (Å²) in [6, 6.07) is 0.782. The van der Waals surface area contributed by atoms with Gasteiger partial charge in [0, 0.05) is 6.20 Å². The molecule has 0 saturated carbocycles. The molecule has 1 heterocycles. The van der Waals surface area contributed by atoms with Crippen LogP contribution in [0, 0.1) is 0 Å². The number of amides is 1. The van der Waals surface area contributed by atoms with E-state index in [2.05, 4.69) is 5.10 Å². The summed E-state index contributed by atoms with van der Waals surface area (Å²) in [7, 11) is 0. The van der Waals surface area contributed by atoms with Gasteiger partial charge in [0.1, 0.15) is 6.54 Å². The van der Waals surface area contributed by atoms with E-state index in [4.69, 9.17) is 5.84 Å². The van der Waals surface area contributed by atoms with Crippen LogP contribution in [0.5, 0.6) is 0 Å². The van der Waals surface area contributed by atoms with Gasteiger partial charge in [0.2, 0.25) is 0 Å². The number of nitrogens with two attached hydrogens (primary N) is 1. The third-order valence-electron chi connectivity index (χ3n) is 1.40. The lowest BCUT2D eigenvalue weighted by Gasteiger charge is -2.01. The van der Waals surface area contributed by atoms with Crippen molar-refractivity contribution < 1.29 is 18.0 Å². The summed E-state index contributed by atoms with van der Waals surface area (Å²) in [5, 5.41) is 3.14. The fourth-order valence-corrected chi connectivity index (χ4v) is 0.794. The third kappa shape index (κ3) is 2.46. The van der Waals surface area contributed by atoms with Gasteiger partial charge in [-0.2, -0.15) is 18.3 Å². The summed E-state index contributed by atoms with van der Waals surface area (Å²) >= 11 is 0. The quantitative estimate of drug-likeness (QED) is 0.404. The Labute approximate surface area is 76.7 Å². The van der Waals surface area contributed by atoms with E-state index in [-0.39, 0.29) is 6.54 Å². The monoisotopic (exact) mass is 208 g/mol. The molecule has 1 aromatic heterocycles. The summed E-state index contributed by atoms with van der Waals surface area (Å²) in [6.07, 6.45) is -3.44. The van der Waals surface area contributed by atoms with Crippen LogP contribution in [0.1, 0.15) is 5.69 Å². The lowest BCUT2D eigenvalue weighted by molar-refractivity contribution is -0.141. The van der Waals surface area contributed by atoms with Crippen LogP contribution in [0.2, 0.25) is 0 Å². The molecular formula is C6H7F3N4O. The summed E-state index contributed by atoms with van der Waals surface area (Å²) in [6.45, 7) is -0.341. The predicted octanol–water partition coefficient (Wildman–Crippen LogP) is -0.108. The summed E-state index contributed by atoms with van der Waals surface area (Å²) in [5.74, 6) is 4.13. The van der Waals surface area contributed by atoms with Gasteiger partial charge in [0.15, 0.2) is 5.69 Å². The van der Waals surface area contributed by atoms with Gasteiger partial charge in [-0.25, -0.2) is 5.84 Å². The minimum Gasteiger partial charge on any atom is -0.293 e. The van der Waals surface area contributed by atoms with Crippen LogP contribution in [-0.2, 0) is 17.5 Å². The Bertz CT molecular complexity index is 332. The SMILES string of the molecule is NNC(=O)Cn1ccc(C(F)(F)F)n1. The molecule has 0 aromatic carbocycles. The maximum absolute atomic E-state index is 12.0. The van der Waals surface area contributed by atoms with E-state index < -0.39 is 17.8 Å². The number of halogens is 3. The lowest BCUT2D eigenvalue weighted by Crippen LogP contribution is -2.33. The van der Waals surface area contributed by atoms with Crippen molar-refractivity contribution >= 4 is 5.91 Å². The van der Waals surface area contributed by atoms with Gasteiger partial charge in [-0.15, -0.1) is 0 Å². The van der Waals surface area contributed by atoms with Crippen LogP contribution in [-0.4, -0.2) is 15.7 Å². The molecule has 5 nitrogen and oxygen atoms in total. The Kier molecular flexibility index (Phi) is 2.75. The number of hydrazine groups is 1. The average molecular weight is 208 g/mol. The number of rotatable bonds is 2. The Hall–Kier alpha value is -1.57. The van der Waals surface area contributed by atoms with E-state index in [1.807, 2.05) is 0 Å². The minimum atomic E-state index is -4.50. The van der Waals surface area contributed by atoms with Crippen LogP contribution < -0.4 is 11.3 Å². The highest BCUT2D eigenvalue weighted by Gasteiger charge is 2.33. The Balaban J connectivity index is 2.74. The molecule has 0 atom stereocenters. The fraction of sp³-hybridized carbons (Fsp3) is 0.333. The Morgan fingerprint density at radius 1 is 1.64 bits per heavy atom. The van der Waals surface area contributed by atoms with E-state index in [0.717, 1.165) is 16.9 Å². The summed E-state index contributed by atoms with van der Waals surface area (Å²) < 4.78 is 36.9. The number of hydrogen-bond acceptors (Lipinski definition) is 3. The molecule has 0 saturated heterocycles. The first-order valence-corrected chi connectivity index (χ1v) is 3.53. The van der Waals surface area contributed by atoms with E-state index in [1.165, 1.54) is 0 Å². The Morgan fingerprint density at radius 2 is 2.29 bits per heavy atom. The number of hydrogen-bond donors (Lipinski definition) is 2. The fourth-order valence-electron chi connectivity index (χ4n) is 0.794. The number of carbonyl (C=O) groups is 1. The molecule has 78 valence electrons. The van der Waals surface area contributed by atoms with Crippen molar-refractivity contribution in [1.29, 1.82) is 0 Å². The zero-order valence-corrected chi connectivity index (χ0v) is 6.88. The molecule has 0 unspecified atom stereocenters. The molecule has 14 heavy (non-hydrogen) atoms. The second-order valence-corrected chi connectivity index (χ2v) is 2.46. The van der Waals surface area contributed by atoms with Crippen LogP contribution in [0.15, 0.2) is 12.3 Å². The molecule has 0 radical (unpaired) electrons. The molecule has 1 rings (SSSR count). The first-order chi connectivity index (χ1) is 6.43. The van der Waals surface area contributed by atoms with Gasteiger partial charge in [-0.3, -0.25) is 14.9 Å². The molecule has 0 bridgehead atoms. The zero-order valence-electron chi connectivity index (χ0n) is 6.88. The van der Waals surface area contributed by atoms with Gasteiger partial charge < -0.3 is 0 Å². The molecule has 8 heteroatoms. The topological polar surface area (TPSA) is 72.9 Å². The van der Waals surface area contributed by atoms with Crippen molar-refractivity contribution in [1.82, 2.24) is 15.2 Å². The first-order valence-electron chi connectivity index (χ1n) is 3.53. The van der Waals surface area contributed by atoms with Crippen LogP contribution in [0.25, 0.3) is 0 Å². The van der Waals surface area contributed by atoms with Crippen LogP contribution >= 0.6 is 0 Å². The third-order valence-corrected chi connectivity index (χ3v) is 1.40. The molecule has 0 spiro atoms. The summed E-state index contributed by atoms with van der Waals surface area (Å²) in [5.41, 5.74) is 0.741. The normalized spacial score (nSPS) is 11.4. The molecule has 3 N–H and O–H groups in total. The van der Waals surface area contributed by atoms with E-state index in [0.29, 0.717) is 0 Å². The van der Waals surface area contributed by atoms with Gasteiger partial charge in [-0.1, -0.05) is 0 Å². The average Bonchev–Trinajstić information content (AvgIpc) is 2.51. The van der Waals surface area contributed by atoms with Crippen molar-refractivity contribution in [2.24, 2.45) is 5.84 Å². The van der Waals surface area contributed by atoms with Gasteiger partial charge in [0.25, 0.3) is 5.91 Å². The van der Waals surface area contributed by atoms with E-state index in [9.17, 15) is 18.0 Å². The second kappa shape index (κ2) is 3.66. The Morgan fingerprint density at radius 3 is 2.71 bits per heavy atom. The smallest absolute Gasteiger partial charge is 0.293 e. The number of nitrogens with one attached hydrogen (secondary N) is 1. The number of alkyl halides is 3. The molecular weight excluding hydrogens is 201 g/mol. The number of aromatic nitrogens is 2. The van der Waals surface area contributed by atoms with Crippen molar-refractivity contribution in [3.8, 4) is 0 Å². The van der Waals surface area contributed by atoms with Crippen molar-refractivity contribution in [2.75, 3.05) is 0 Å². The molecule has 0 aliphatic rings. The summed E-state index contributed by atoms with van der Waals surface area (Å²) in [4.78, 5) is 10.7. The second-order valence-electron chi connectivity index (χ2n) is 2.46. The number of carbonyl (C=O) groups excluding carboxylic acids is 1. The largest absolute Gasteiger partial charge is 0.435 e. The van der Waals surface area contributed by atoms with E-state index >= 15 is 0 Å². The van der Waals surface area contributed by atoms with Crippen molar-refractivity contribution in [3.63, 3.8) is 0 Å². The molecule has 0 aliphatic heterocycles. The highest BCUT2D eigenvalue weighted by atomic mass is 19.4. The van der Waals surface area contributed by atoms with Gasteiger partial charge in [0.05, 0.1) is 0 Å². The maximum atomic E-state index is 12.0. The van der Waals surface area contributed by atoms with Crippen LogP contribution in [0.4, 0.5) is 13.2 Å². The first kappa shape index (κ1) is 10.5. The van der Waals surface area contributed by atoms with E-state index in [1.54, 1.807) is 5.43 Å². The predicted molar refractivity (Wildman–Crippen MR) is 39.6 cm³/mol. The minimum absolute atomic E-state index is 0.341. The lowest BCUT2D eigenvalue weighted by atomic mass is 10.4. The maximum Gasteiger partial charge on any atom is 0.435 e. The standard InChI is InChI=1S/C6H7F3N4O/c7-6(8,9)4-1-2-13(12-4)3-5(14)11-10/h1-2H,3,10H2,(H,11,14). The highest BCUT2D eigenvalue weighted by Crippen LogP contribution is 2.27. The molecule has 0 aliphatic carbocycles. The van der Waals surface area contributed by atoms with Crippen molar-refractivity contribution in [2.45, 2.75) is 12.7 Å².